The summed E-state index contributed by atoms with van der Waals surface area (Å²) in [6.45, 7) is 5.44. The van der Waals surface area contributed by atoms with Crippen molar-refractivity contribution < 1.29 is 5.11 Å². The molecule has 0 bridgehead atoms. The molecule has 1 aromatic carbocycles. The van der Waals surface area contributed by atoms with Crippen molar-refractivity contribution in [1.82, 2.24) is 9.88 Å². The van der Waals surface area contributed by atoms with E-state index in [2.05, 4.69) is 47.1 Å². The molecule has 0 amide bonds. The van der Waals surface area contributed by atoms with Crippen LogP contribution in [0, 0.1) is 12.3 Å². The second kappa shape index (κ2) is 7.56. The predicted octanol–water partition coefficient (Wildman–Crippen LogP) is 3.66. The van der Waals surface area contributed by atoms with Gasteiger partial charge in [0.25, 0.3) is 0 Å². The maximum atomic E-state index is 10.1. The van der Waals surface area contributed by atoms with Gasteiger partial charge in [0, 0.05) is 36.2 Å². The van der Waals surface area contributed by atoms with Gasteiger partial charge in [0.15, 0.2) is 0 Å². The van der Waals surface area contributed by atoms with Gasteiger partial charge in [-0.3, -0.25) is 4.90 Å². The van der Waals surface area contributed by atoms with Crippen LogP contribution in [-0.2, 0) is 13.0 Å². The van der Waals surface area contributed by atoms with Gasteiger partial charge >= 0.3 is 0 Å². The Balaban J connectivity index is 1.61. The second-order valence-electron chi connectivity index (χ2n) is 6.80. The van der Waals surface area contributed by atoms with E-state index >= 15 is 0 Å². The molecule has 1 saturated heterocycles. The van der Waals surface area contributed by atoms with Crippen molar-refractivity contribution in [1.29, 1.82) is 0 Å². The predicted molar refractivity (Wildman–Crippen MR) is 95.6 cm³/mol. The fourth-order valence-corrected chi connectivity index (χ4v) is 4.45. The first-order valence-electron chi connectivity index (χ1n) is 8.48. The fourth-order valence-electron chi connectivity index (χ4n) is 3.61. The first-order chi connectivity index (χ1) is 11.2. The monoisotopic (exact) mass is 330 g/mol. The molecule has 0 radical (unpaired) electrons. The van der Waals surface area contributed by atoms with Crippen LogP contribution in [0.1, 0.15) is 34.7 Å². The van der Waals surface area contributed by atoms with E-state index in [4.69, 9.17) is 0 Å². The summed E-state index contributed by atoms with van der Waals surface area (Å²) in [6.07, 6.45) is 6.42. The number of thiazole rings is 1. The van der Waals surface area contributed by atoms with E-state index in [0.717, 1.165) is 43.9 Å². The first kappa shape index (κ1) is 16.6. The van der Waals surface area contributed by atoms with E-state index in [1.165, 1.54) is 16.9 Å². The van der Waals surface area contributed by atoms with Gasteiger partial charge in [-0.05, 0) is 44.7 Å². The SMILES string of the molecule is Cc1ncc(CN2CCCC(CO)(CCc3ccccc3)C2)s1. The Hall–Kier alpha value is -1.23. The molecule has 23 heavy (non-hydrogen) atoms. The van der Waals surface area contributed by atoms with E-state index in [1.54, 1.807) is 11.3 Å². The molecule has 1 N–H and O–H groups in total. The van der Waals surface area contributed by atoms with Gasteiger partial charge in [-0.2, -0.15) is 0 Å². The number of benzene rings is 1. The summed E-state index contributed by atoms with van der Waals surface area (Å²) in [6, 6.07) is 10.6. The van der Waals surface area contributed by atoms with Crippen LogP contribution in [-0.4, -0.2) is 34.7 Å². The number of nitrogens with zero attached hydrogens (tertiary/aromatic N) is 2. The number of rotatable bonds is 6. The van der Waals surface area contributed by atoms with Crippen molar-refractivity contribution in [3.8, 4) is 0 Å². The van der Waals surface area contributed by atoms with E-state index < -0.39 is 0 Å². The van der Waals surface area contributed by atoms with E-state index in [-0.39, 0.29) is 12.0 Å². The van der Waals surface area contributed by atoms with E-state index in [9.17, 15) is 5.11 Å². The molecule has 4 heteroatoms. The highest BCUT2D eigenvalue weighted by Gasteiger charge is 2.34. The minimum atomic E-state index is 0.0494. The van der Waals surface area contributed by atoms with Gasteiger partial charge in [0.1, 0.15) is 0 Å². The standard InChI is InChI=1S/C19H26N2OS/c1-16-20-12-18(23-16)13-21-11-5-9-19(14-21,15-22)10-8-17-6-3-2-4-7-17/h2-4,6-7,12,22H,5,8-11,13-15H2,1H3. The lowest BCUT2D eigenvalue weighted by molar-refractivity contribution is 0.0228. The van der Waals surface area contributed by atoms with Gasteiger partial charge < -0.3 is 5.11 Å². The molecule has 1 fully saturated rings. The summed E-state index contributed by atoms with van der Waals surface area (Å²) in [5, 5.41) is 11.2. The Morgan fingerprint density at radius 3 is 2.83 bits per heavy atom. The zero-order valence-electron chi connectivity index (χ0n) is 13.9. The Morgan fingerprint density at radius 1 is 1.30 bits per heavy atom. The summed E-state index contributed by atoms with van der Waals surface area (Å²) in [5.74, 6) is 0. The van der Waals surface area contributed by atoms with Crippen LogP contribution in [0.4, 0.5) is 0 Å². The molecule has 2 aromatic rings. The Bertz CT molecular complexity index is 613. The van der Waals surface area contributed by atoms with Crippen LogP contribution in [0.2, 0.25) is 0 Å². The van der Waals surface area contributed by atoms with Crippen molar-refractivity contribution in [2.45, 2.75) is 39.2 Å². The number of aliphatic hydroxyl groups excluding tert-OH is 1. The molecular weight excluding hydrogens is 304 g/mol. The van der Waals surface area contributed by atoms with E-state index in [0.29, 0.717) is 0 Å². The van der Waals surface area contributed by atoms with Crippen molar-refractivity contribution in [3.63, 3.8) is 0 Å². The fraction of sp³-hybridized carbons (Fsp3) is 0.526. The summed E-state index contributed by atoms with van der Waals surface area (Å²) in [4.78, 5) is 8.19. The maximum Gasteiger partial charge on any atom is 0.0897 e. The maximum absolute atomic E-state index is 10.1. The number of aliphatic hydroxyl groups is 1. The largest absolute Gasteiger partial charge is 0.396 e. The number of hydrogen-bond donors (Lipinski definition) is 1. The van der Waals surface area contributed by atoms with Crippen molar-refractivity contribution in [2.75, 3.05) is 19.7 Å². The quantitative estimate of drug-likeness (QED) is 0.878. The highest BCUT2D eigenvalue weighted by molar-refractivity contribution is 7.11. The van der Waals surface area contributed by atoms with Crippen molar-refractivity contribution in [2.24, 2.45) is 5.41 Å². The highest BCUT2D eigenvalue weighted by Crippen LogP contribution is 2.35. The molecule has 124 valence electrons. The highest BCUT2D eigenvalue weighted by atomic mass is 32.1. The molecule has 1 unspecified atom stereocenters. The number of piperidine rings is 1. The average molecular weight is 330 g/mol. The zero-order chi connectivity index (χ0) is 16.1. The molecular formula is C19H26N2OS. The summed E-state index contributed by atoms with van der Waals surface area (Å²) < 4.78 is 0. The molecule has 3 rings (SSSR count). The molecule has 0 spiro atoms. The Kier molecular flexibility index (Phi) is 5.46. The van der Waals surface area contributed by atoms with Gasteiger partial charge in [-0.1, -0.05) is 30.3 Å². The van der Waals surface area contributed by atoms with Crippen molar-refractivity contribution >= 4 is 11.3 Å². The lowest BCUT2D eigenvalue weighted by Crippen LogP contribution is -2.45. The number of likely N-dealkylation sites (tertiary alicyclic amines) is 1. The lowest BCUT2D eigenvalue weighted by Gasteiger charge is -2.42. The minimum Gasteiger partial charge on any atom is -0.396 e. The van der Waals surface area contributed by atoms with E-state index in [1.807, 2.05) is 6.20 Å². The lowest BCUT2D eigenvalue weighted by atomic mass is 9.76. The van der Waals surface area contributed by atoms with Crippen LogP contribution in [0.3, 0.4) is 0 Å². The third-order valence-corrected chi connectivity index (χ3v) is 5.81. The summed E-state index contributed by atoms with van der Waals surface area (Å²) >= 11 is 1.78. The summed E-state index contributed by atoms with van der Waals surface area (Å²) in [7, 11) is 0. The number of aryl methyl sites for hydroxylation is 2. The minimum absolute atomic E-state index is 0.0494. The molecule has 1 aromatic heterocycles. The molecule has 0 aliphatic carbocycles. The van der Waals surface area contributed by atoms with Crippen LogP contribution in [0.5, 0.6) is 0 Å². The molecule has 2 heterocycles. The van der Waals surface area contributed by atoms with Gasteiger partial charge in [0.05, 0.1) is 5.01 Å². The number of aromatic nitrogens is 1. The molecule has 1 aliphatic rings. The third-order valence-electron chi connectivity index (χ3n) is 4.91. The molecule has 1 atom stereocenters. The van der Waals surface area contributed by atoms with Gasteiger partial charge in [-0.15, -0.1) is 11.3 Å². The van der Waals surface area contributed by atoms with Crippen LogP contribution >= 0.6 is 11.3 Å². The Labute approximate surface area is 143 Å². The second-order valence-corrected chi connectivity index (χ2v) is 8.12. The number of hydrogen-bond acceptors (Lipinski definition) is 4. The molecule has 1 aliphatic heterocycles. The normalized spacial score (nSPS) is 22.3. The zero-order valence-corrected chi connectivity index (χ0v) is 14.7. The van der Waals surface area contributed by atoms with Crippen LogP contribution in [0.15, 0.2) is 36.5 Å². The van der Waals surface area contributed by atoms with Crippen molar-refractivity contribution in [3.05, 3.63) is 52.0 Å². The summed E-state index contributed by atoms with van der Waals surface area (Å²) in [5.41, 5.74) is 1.42. The van der Waals surface area contributed by atoms with Gasteiger partial charge in [0.2, 0.25) is 0 Å². The van der Waals surface area contributed by atoms with Gasteiger partial charge in [-0.25, -0.2) is 4.98 Å². The van der Waals surface area contributed by atoms with Crippen LogP contribution in [0.25, 0.3) is 0 Å². The molecule has 0 saturated carbocycles. The topological polar surface area (TPSA) is 36.4 Å². The first-order valence-corrected chi connectivity index (χ1v) is 9.29. The average Bonchev–Trinajstić information content (AvgIpc) is 2.99. The smallest absolute Gasteiger partial charge is 0.0897 e. The van der Waals surface area contributed by atoms with Crippen LogP contribution < -0.4 is 0 Å². The Morgan fingerprint density at radius 2 is 2.13 bits per heavy atom. The molecule has 3 nitrogen and oxygen atoms in total. The third kappa shape index (κ3) is 4.40.